The second-order valence-corrected chi connectivity index (χ2v) is 6.80. The fourth-order valence-corrected chi connectivity index (χ4v) is 3.33. The van der Waals surface area contributed by atoms with E-state index in [1.165, 1.54) is 12.2 Å². The maximum absolute atomic E-state index is 11.9. The standard InChI is InChI=1S/C18H16ClN3O3S/c1-12(14-5-4-10-26-14)20-16(23)11-25-17(24)8-7-13-18(19)21-15-6-2-3-9-22(13)15/h2-10,12H,11H2,1H3,(H,20,23)/b8-7+/t12-/m1/s1. The van der Waals surface area contributed by atoms with Gasteiger partial charge in [0.2, 0.25) is 0 Å². The van der Waals surface area contributed by atoms with Gasteiger partial charge in [0.1, 0.15) is 5.65 Å². The van der Waals surface area contributed by atoms with Crippen molar-refractivity contribution in [1.29, 1.82) is 0 Å². The summed E-state index contributed by atoms with van der Waals surface area (Å²) in [7, 11) is 0. The molecular formula is C18H16ClN3O3S. The first-order chi connectivity index (χ1) is 12.5. The van der Waals surface area contributed by atoms with E-state index in [-0.39, 0.29) is 23.7 Å². The average molecular weight is 390 g/mol. The van der Waals surface area contributed by atoms with Gasteiger partial charge in [-0.25, -0.2) is 9.78 Å². The van der Waals surface area contributed by atoms with Gasteiger partial charge < -0.3 is 10.1 Å². The van der Waals surface area contributed by atoms with Crippen LogP contribution in [0.2, 0.25) is 5.15 Å². The summed E-state index contributed by atoms with van der Waals surface area (Å²) in [5.74, 6) is -0.994. The van der Waals surface area contributed by atoms with E-state index < -0.39 is 5.97 Å². The fraction of sp³-hybridized carbons (Fsp3) is 0.167. The highest BCUT2D eigenvalue weighted by Gasteiger charge is 2.12. The number of ether oxygens (including phenoxy) is 1. The van der Waals surface area contributed by atoms with Gasteiger partial charge in [-0.1, -0.05) is 23.7 Å². The molecule has 0 unspecified atom stereocenters. The van der Waals surface area contributed by atoms with E-state index >= 15 is 0 Å². The van der Waals surface area contributed by atoms with Gasteiger partial charge in [-0.05, 0) is 36.6 Å². The predicted octanol–water partition coefficient (Wildman–Crippen LogP) is 3.48. The Morgan fingerprint density at radius 3 is 3.00 bits per heavy atom. The number of imidazole rings is 1. The van der Waals surface area contributed by atoms with Crippen molar-refractivity contribution in [3.8, 4) is 0 Å². The molecule has 134 valence electrons. The van der Waals surface area contributed by atoms with Crippen LogP contribution in [0, 0.1) is 0 Å². The zero-order valence-electron chi connectivity index (χ0n) is 13.9. The van der Waals surface area contributed by atoms with Crippen molar-refractivity contribution in [2.24, 2.45) is 0 Å². The van der Waals surface area contributed by atoms with E-state index in [2.05, 4.69) is 10.3 Å². The lowest BCUT2D eigenvalue weighted by molar-refractivity contribution is -0.144. The Labute approximate surface area is 159 Å². The largest absolute Gasteiger partial charge is 0.452 e. The molecule has 1 amide bonds. The van der Waals surface area contributed by atoms with Gasteiger partial charge in [0.05, 0.1) is 11.7 Å². The lowest BCUT2D eigenvalue weighted by Crippen LogP contribution is -2.30. The lowest BCUT2D eigenvalue weighted by Gasteiger charge is -2.11. The van der Waals surface area contributed by atoms with Gasteiger partial charge in [-0.15, -0.1) is 11.3 Å². The van der Waals surface area contributed by atoms with Gasteiger partial charge in [0, 0.05) is 17.2 Å². The maximum Gasteiger partial charge on any atom is 0.331 e. The van der Waals surface area contributed by atoms with E-state index in [0.29, 0.717) is 11.3 Å². The number of carbonyl (C=O) groups is 2. The number of hydrogen-bond acceptors (Lipinski definition) is 5. The number of thiophene rings is 1. The van der Waals surface area contributed by atoms with Crippen molar-refractivity contribution in [2.45, 2.75) is 13.0 Å². The number of nitrogens with zero attached hydrogens (tertiary/aromatic N) is 2. The minimum Gasteiger partial charge on any atom is -0.452 e. The number of carbonyl (C=O) groups excluding carboxylic acids is 2. The summed E-state index contributed by atoms with van der Waals surface area (Å²) < 4.78 is 6.72. The molecule has 0 spiro atoms. The van der Waals surface area contributed by atoms with Crippen LogP contribution in [0.25, 0.3) is 11.7 Å². The quantitative estimate of drug-likeness (QED) is 0.517. The molecule has 6 nitrogen and oxygen atoms in total. The third-order valence-corrected chi connectivity index (χ3v) is 4.93. The molecule has 26 heavy (non-hydrogen) atoms. The Bertz CT molecular complexity index is 950. The summed E-state index contributed by atoms with van der Waals surface area (Å²) in [6, 6.07) is 9.20. The van der Waals surface area contributed by atoms with Crippen LogP contribution in [0.5, 0.6) is 0 Å². The topological polar surface area (TPSA) is 72.7 Å². The molecule has 0 fully saturated rings. The average Bonchev–Trinajstić information content (AvgIpc) is 3.25. The van der Waals surface area contributed by atoms with E-state index in [0.717, 1.165) is 4.88 Å². The molecule has 3 aromatic rings. The van der Waals surface area contributed by atoms with Crippen molar-refractivity contribution in [1.82, 2.24) is 14.7 Å². The van der Waals surface area contributed by atoms with Crippen LogP contribution in [0.15, 0.2) is 48.0 Å². The number of hydrogen-bond donors (Lipinski definition) is 1. The zero-order chi connectivity index (χ0) is 18.5. The highest BCUT2D eigenvalue weighted by atomic mass is 35.5. The summed E-state index contributed by atoms with van der Waals surface area (Å²) in [4.78, 5) is 28.9. The number of esters is 1. The number of halogens is 1. The first-order valence-corrected chi connectivity index (χ1v) is 9.10. The molecule has 3 heterocycles. The Kier molecular flexibility index (Phi) is 5.70. The Morgan fingerprint density at radius 2 is 2.23 bits per heavy atom. The summed E-state index contributed by atoms with van der Waals surface area (Å²) in [5.41, 5.74) is 1.24. The summed E-state index contributed by atoms with van der Waals surface area (Å²) in [6.07, 6.45) is 4.52. The van der Waals surface area contributed by atoms with Crippen LogP contribution in [0.3, 0.4) is 0 Å². The summed E-state index contributed by atoms with van der Waals surface area (Å²) >= 11 is 7.64. The van der Waals surface area contributed by atoms with Gasteiger partial charge in [-0.3, -0.25) is 9.20 Å². The van der Waals surface area contributed by atoms with Crippen molar-refractivity contribution in [2.75, 3.05) is 6.61 Å². The molecule has 1 N–H and O–H groups in total. The van der Waals surface area contributed by atoms with Crippen LogP contribution in [-0.2, 0) is 14.3 Å². The highest BCUT2D eigenvalue weighted by Crippen LogP contribution is 2.19. The first-order valence-electron chi connectivity index (χ1n) is 7.85. The third-order valence-electron chi connectivity index (χ3n) is 3.59. The monoisotopic (exact) mass is 389 g/mol. The van der Waals surface area contributed by atoms with Crippen molar-refractivity contribution < 1.29 is 14.3 Å². The number of amides is 1. The Balaban J connectivity index is 1.54. The Morgan fingerprint density at radius 1 is 1.38 bits per heavy atom. The molecule has 0 saturated carbocycles. The van der Waals surface area contributed by atoms with Crippen LogP contribution in [0.1, 0.15) is 23.5 Å². The van der Waals surface area contributed by atoms with Gasteiger partial charge in [-0.2, -0.15) is 0 Å². The van der Waals surface area contributed by atoms with E-state index in [1.54, 1.807) is 28.0 Å². The SMILES string of the molecule is C[C@@H](NC(=O)COC(=O)/C=C/c1c(Cl)nc2ccccn12)c1cccs1. The van der Waals surface area contributed by atoms with Gasteiger partial charge in [0.15, 0.2) is 11.8 Å². The lowest BCUT2D eigenvalue weighted by atomic mass is 10.3. The highest BCUT2D eigenvalue weighted by molar-refractivity contribution is 7.10. The van der Waals surface area contributed by atoms with Crippen molar-refractivity contribution in [3.05, 3.63) is 63.7 Å². The molecule has 8 heteroatoms. The molecule has 0 bridgehead atoms. The number of rotatable bonds is 6. The number of aromatic nitrogens is 2. The zero-order valence-corrected chi connectivity index (χ0v) is 15.5. The van der Waals surface area contributed by atoms with Crippen LogP contribution >= 0.6 is 22.9 Å². The fourth-order valence-electron chi connectivity index (χ4n) is 2.36. The smallest absolute Gasteiger partial charge is 0.331 e. The summed E-state index contributed by atoms with van der Waals surface area (Å²) in [6.45, 7) is 1.53. The third kappa shape index (κ3) is 4.30. The minimum absolute atomic E-state index is 0.131. The van der Waals surface area contributed by atoms with E-state index in [9.17, 15) is 9.59 Å². The van der Waals surface area contributed by atoms with Gasteiger partial charge in [0.25, 0.3) is 5.91 Å². The van der Waals surface area contributed by atoms with Crippen LogP contribution < -0.4 is 5.32 Å². The molecule has 1 atom stereocenters. The maximum atomic E-state index is 11.9. The molecule has 0 aliphatic carbocycles. The van der Waals surface area contributed by atoms with E-state index in [4.69, 9.17) is 16.3 Å². The molecule has 0 aromatic carbocycles. The number of nitrogens with one attached hydrogen (secondary N) is 1. The molecular weight excluding hydrogens is 374 g/mol. The molecule has 0 aliphatic rings. The van der Waals surface area contributed by atoms with Gasteiger partial charge >= 0.3 is 5.97 Å². The normalized spacial score (nSPS) is 12.4. The summed E-state index contributed by atoms with van der Waals surface area (Å²) in [5, 5.41) is 4.99. The molecule has 3 aromatic heterocycles. The van der Waals surface area contributed by atoms with E-state index in [1.807, 2.05) is 36.6 Å². The van der Waals surface area contributed by atoms with Crippen molar-refractivity contribution in [3.63, 3.8) is 0 Å². The van der Waals surface area contributed by atoms with Crippen LogP contribution in [0.4, 0.5) is 0 Å². The molecule has 3 rings (SSSR count). The first kappa shape index (κ1) is 18.2. The van der Waals surface area contributed by atoms with Crippen LogP contribution in [-0.4, -0.2) is 27.9 Å². The molecule has 0 radical (unpaired) electrons. The van der Waals surface area contributed by atoms with Crippen molar-refractivity contribution >= 4 is 46.5 Å². The number of pyridine rings is 1. The molecule has 0 saturated heterocycles. The second-order valence-electron chi connectivity index (χ2n) is 5.46. The Hall–Kier alpha value is -2.64. The number of fused-ring (bicyclic) bond motifs is 1. The molecule has 0 aliphatic heterocycles. The second kappa shape index (κ2) is 8.16. The predicted molar refractivity (Wildman–Crippen MR) is 101 cm³/mol. The minimum atomic E-state index is -0.633.